The van der Waals surface area contributed by atoms with Crippen molar-refractivity contribution >= 4 is 5.91 Å². The number of carbonyl (C=O) groups is 1. The summed E-state index contributed by atoms with van der Waals surface area (Å²) in [4.78, 5) is 12.0. The third kappa shape index (κ3) is 2.79. The number of benzene rings is 2. The molecule has 2 aromatic rings. The summed E-state index contributed by atoms with van der Waals surface area (Å²) < 4.78 is 19.1. The molecule has 0 fully saturated rings. The fourth-order valence-corrected chi connectivity index (χ4v) is 2.01. The lowest BCUT2D eigenvalue weighted by Crippen LogP contribution is -2.23. The Morgan fingerprint density at radius 3 is 2.65 bits per heavy atom. The molecule has 0 unspecified atom stereocenters. The first-order valence-corrected chi connectivity index (χ1v) is 6.38. The molecule has 0 saturated heterocycles. The number of nitrogens with one attached hydrogen (secondary N) is 1. The molecule has 1 amide bonds. The van der Waals surface area contributed by atoms with Crippen molar-refractivity contribution < 1.29 is 13.9 Å². The van der Waals surface area contributed by atoms with E-state index in [-0.39, 0.29) is 11.7 Å². The maximum Gasteiger partial charge on any atom is 0.251 e. The number of amides is 1. The number of ether oxygens (including phenoxy) is 1. The Bertz CT molecular complexity index is 626. The third-order valence-corrected chi connectivity index (χ3v) is 2.97. The van der Waals surface area contributed by atoms with E-state index in [1.807, 2.05) is 6.92 Å². The molecule has 4 heteroatoms. The molecule has 2 rings (SSSR count). The Morgan fingerprint density at radius 2 is 1.95 bits per heavy atom. The summed E-state index contributed by atoms with van der Waals surface area (Å²) >= 11 is 0. The van der Waals surface area contributed by atoms with E-state index in [0.717, 1.165) is 0 Å². The minimum Gasteiger partial charge on any atom is -0.497 e. The van der Waals surface area contributed by atoms with Gasteiger partial charge in [-0.1, -0.05) is 18.2 Å². The van der Waals surface area contributed by atoms with E-state index in [4.69, 9.17) is 4.74 Å². The van der Waals surface area contributed by atoms with Crippen molar-refractivity contribution in [3.8, 4) is 16.9 Å². The molecule has 0 aliphatic carbocycles. The first-order valence-electron chi connectivity index (χ1n) is 6.38. The Morgan fingerprint density at radius 1 is 1.20 bits per heavy atom. The molecule has 0 aliphatic rings. The van der Waals surface area contributed by atoms with Gasteiger partial charge in [0.25, 0.3) is 5.91 Å². The summed E-state index contributed by atoms with van der Waals surface area (Å²) in [6.07, 6.45) is 0. The van der Waals surface area contributed by atoms with Gasteiger partial charge in [-0.3, -0.25) is 4.79 Å². The van der Waals surface area contributed by atoms with Crippen molar-refractivity contribution in [1.29, 1.82) is 0 Å². The molecular weight excluding hydrogens is 257 g/mol. The number of halogens is 1. The van der Waals surface area contributed by atoms with Gasteiger partial charge < -0.3 is 10.1 Å². The van der Waals surface area contributed by atoms with Crippen LogP contribution in [0.5, 0.6) is 5.75 Å². The van der Waals surface area contributed by atoms with Crippen LogP contribution in [-0.2, 0) is 0 Å². The summed E-state index contributed by atoms with van der Waals surface area (Å²) in [6.45, 7) is 2.36. The van der Waals surface area contributed by atoms with Crippen molar-refractivity contribution in [3.05, 3.63) is 53.8 Å². The second-order valence-corrected chi connectivity index (χ2v) is 4.25. The molecule has 1 N–H and O–H groups in total. The van der Waals surface area contributed by atoms with Crippen LogP contribution in [0.15, 0.2) is 42.5 Å². The number of hydrogen-bond donors (Lipinski definition) is 1. The van der Waals surface area contributed by atoms with Gasteiger partial charge in [0, 0.05) is 17.7 Å². The van der Waals surface area contributed by atoms with Crippen LogP contribution in [0.25, 0.3) is 11.1 Å². The van der Waals surface area contributed by atoms with Crippen molar-refractivity contribution in [3.63, 3.8) is 0 Å². The van der Waals surface area contributed by atoms with E-state index in [1.165, 1.54) is 13.2 Å². The van der Waals surface area contributed by atoms with Gasteiger partial charge in [-0.25, -0.2) is 4.39 Å². The average molecular weight is 273 g/mol. The van der Waals surface area contributed by atoms with Crippen LogP contribution < -0.4 is 10.1 Å². The summed E-state index contributed by atoms with van der Waals surface area (Å²) in [7, 11) is 1.52. The van der Waals surface area contributed by atoms with Crippen molar-refractivity contribution in [2.75, 3.05) is 13.7 Å². The number of methoxy groups -OCH3 is 1. The highest BCUT2D eigenvalue weighted by Gasteiger charge is 2.15. The zero-order valence-corrected chi connectivity index (χ0v) is 11.4. The van der Waals surface area contributed by atoms with Gasteiger partial charge in [0.1, 0.15) is 11.6 Å². The number of hydrogen-bond acceptors (Lipinski definition) is 2. The maximum absolute atomic E-state index is 14.0. The fraction of sp³-hybridized carbons (Fsp3) is 0.188. The number of rotatable bonds is 4. The largest absolute Gasteiger partial charge is 0.497 e. The molecule has 0 spiro atoms. The SMILES string of the molecule is CCNC(=O)c1ccccc1-c1cc(OC)ccc1F. The van der Waals surface area contributed by atoms with Crippen molar-refractivity contribution in [1.82, 2.24) is 5.32 Å². The van der Waals surface area contributed by atoms with Gasteiger partial charge in [0.2, 0.25) is 0 Å². The Hall–Kier alpha value is -2.36. The smallest absolute Gasteiger partial charge is 0.251 e. The minimum absolute atomic E-state index is 0.217. The second-order valence-electron chi connectivity index (χ2n) is 4.25. The predicted octanol–water partition coefficient (Wildman–Crippen LogP) is 3.25. The lowest BCUT2D eigenvalue weighted by molar-refractivity contribution is 0.0956. The van der Waals surface area contributed by atoms with Crippen LogP contribution in [0.2, 0.25) is 0 Å². The van der Waals surface area contributed by atoms with Gasteiger partial charge in [-0.05, 0) is 36.8 Å². The summed E-state index contributed by atoms with van der Waals surface area (Å²) in [5.41, 5.74) is 1.35. The first kappa shape index (κ1) is 14.1. The highest BCUT2D eigenvalue weighted by molar-refractivity contribution is 6.01. The fourth-order valence-electron chi connectivity index (χ4n) is 2.01. The molecular formula is C16H16FNO2. The highest BCUT2D eigenvalue weighted by Crippen LogP contribution is 2.29. The zero-order valence-electron chi connectivity index (χ0n) is 11.4. The van der Waals surface area contributed by atoms with Gasteiger partial charge in [-0.15, -0.1) is 0 Å². The highest BCUT2D eigenvalue weighted by atomic mass is 19.1. The van der Waals surface area contributed by atoms with Gasteiger partial charge in [-0.2, -0.15) is 0 Å². The normalized spacial score (nSPS) is 10.2. The molecule has 0 atom stereocenters. The molecule has 0 saturated carbocycles. The minimum atomic E-state index is -0.387. The average Bonchev–Trinajstić information content (AvgIpc) is 2.48. The monoisotopic (exact) mass is 273 g/mol. The Labute approximate surface area is 117 Å². The molecule has 0 heterocycles. The second kappa shape index (κ2) is 6.19. The van der Waals surface area contributed by atoms with Gasteiger partial charge in [0.15, 0.2) is 0 Å². The van der Waals surface area contributed by atoms with E-state index < -0.39 is 0 Å². The van der Waals surface area contributed by atoms with E-state index in [0.29, 0.717) is 29.0 Å². The van der Waals surface area contributed by atoms with Gasteiger partial charge >= 0.3 is 0 Å². The Balaban J connectivity index is 2.55. The van der Waals surface area contributed by atoms with Crippen molar-refractivity contribution in [2.24, 2.45) is 0 Å². The zero-order chi connectivity index (χ0) is 14.5. The Kier molecular flexibility index (Phi) is 4.35. The lowest BCUT2D eigenvalue weighted by atomic mass is 9.98. The topological polar surface area (TPSA) is 38.3 Å². The van der Waals surface area contributed by atoms with E-state index >= 15 is 0 Å². The third-order valence-electron chi connectivity index (χ3n) is 2.97. The number of carbonyl (C=O) groups excluding carboxylic acids is 1. The van der Waals surface area contributed by atoms with Crippen LogP contribution >= 0.6 is 0 Å². The van der Waals surface area contributed by atoms with Crippen LogP contribution in [0.1, 0.15) is 17.3 Å². The summed E-state index contributed by atoms with van der Waals surface area (Å²) in [5.74, 6) is -0.0556. The molecule has 3 nitrogen and oxygen atoms in total. The van der Waals surface area contributed by atoms with Gasteiger partial charge in [0.05, 0.1) is 7.11 Å². The van der Waals surface area contributed by atoms with Crippen LogP contribution in [0.3, 0.4) is 0 Å². The van der Waals surface area contributed by atoms with Crippen LogP contribution in [-0.4, -0.2) is 19.6 Å². The molecule has 0 bridgehead atoms. The van der Waals surface area contributed by atoms with E-state index in [2.05, 4.69) is 5.32 Å². The quantitative estimate of drug-likeness (QED) is 0.928. The molecule has 104 valence electrons. The van der Waals surface area contributed by atoms with Crippen LogP contribution in [0, 0.1) is 5.82 Å². The molecule has 0 aromatic heterocycles. The standard InChI is InChI=1S/C16H16FNO2/c1-3-18-16(19)13-7-5-4-6-12(13)14-10-11(20-2)8-9-15(14)17/h4-10H,3H2,1-2H3,(H,18,19). The van der Waals surface area contributed by atoms with Crippen molar-refractivity contribution in [2.45, 2.75) is 6.92 Å². The molecule has 0 aliphatic heterocycles. The molecule has 20 heavy (non-hydrogen) atoms. The predicted molar refractivity (Wildman–Crippen MR) is 76.4 cm³/mol. The molecule has 2 aromatic carbocycles. The maximum atomic E-state index is 14.0. The lowest BCUT2D eigenvalue weighted by Gasteiger charge is -2.11. The summed E-state index contributed by atoms with van der Waals surface area (Å²) in [6, 6.07) is 11.4. The van der Waals surface area contributed by atoms with Crippen LogP contribution in [0.4, 0.5) is 4.39 Å². The first-order chi connectivity index (χ1) is 9.67. The summed E-state index contributed by atoms with van der Waals surface area (Å²) in [5, 5.41) is 2.73. The molecule has 0 radical (unpaired) electrons. The van der Waals surface area contributed by atoms with E-state index in [9.17, 15) is 9.18 Å². The van der Waals surface area contributed by atoms with E-state index in [1.54, 1.807) is 36.4 Å².